The first kappa shape index (κ1) is 14.0. The van der Waals surface area contributed by atoms with E-state index in [2.05, 4.69) is 53.7 Å². The second kappa shape index (κ2) is 6.63. The van der Waals surface area contributed by atoms with E-state index < -0.39 is 0 Å². The molecule has 2 rings (SSSR count). The van der Waals surface area contributed by atoms with Crippen molar-refractivity contribution in [2.75, 3.05) is 6.61 Å². The van der Waals surface area contributed by atoms with E-state index in [9.17, 15) is 0 Å². The maximum atomic E-state index is 5.62. The molecule has 1 aromatic carbocycles. The normalized spacial score (nSPS) is 10.8. The van der Waals surface area contributed by atoms with Gasteiger partial charge in [0.05, 0.1) is 10.7 Å². The van der Waals surface area contributed by atoms with Crippen LogP contribution in [0.5, 0.6) is 5.75 Å². The largest absolute Gasteiger partial charge is 0.488 e. The van der Waals surface area contributed by atoms with Crippen LogP contribution in [0, 0.1) is 0 Å². The van der Waals surface area contributed by atoms with Gasteiger partial charge in [-0.25, -0.2) is 4.68 Å². The average molecular weight is 386 g/mol. The monoisotopic (exact) mass is 384 g/mol. The molecule has 1 aromatic heterocycles. The SMILES string of the molecule is C=CCOc1c(Br)cc(Br)cc1C=Nn1cnnc1. The van der Waals surface area contributed by atoms with E-state index in [1.165, 1.54) is 17.3 Å². The summed E-state index contributed by atoms with van der Waals surface area (Å²) < 4.78 is 8.90. The maximum Gasteiger partial charge on any atom is 0.142 e. The third-order valence-electron chi connectivity index (χ3n) is 2.12. The summed E-state index contributed by atoms with van der Waals surface area (Å²) in [6.45, 7) is 4.06. The third-order valence-corrected chi connectivity index (χ3v) is 3.17. The van der Waals surface area contributed by atoms with Crippen molar-refractivity contribution in [1.82, 2.24) is 14.9 Å². The Balaban J connectivity index is 2.34. The van der Waals surface area contributed by atoms with Crippen LogP contribution in [-0.2, 0) is 0 Å². The van der Waals surface area contributed by atoms with Crippen molar-refractivity contribution in [2.24, 2.45) is 5.10 Å². The molecule has 0 unspecified atom stereocenters. The van der Waals surface area contributed by atoms with Gasteiger partial charge in [-0.2, -0.15) is 5.10 Å². The summed E-state index contributed by atoms with van der Waals surface area (Å²) in [5.74, 6) is 0.708. The minimum Gasteiger partial charge on any atom is -0.488 e. The van der Waals surface area contributed by atoms with Gasteiger partial charge < -0.3 is 4.74 Å². The van der Waals surface area contributed by atoms with Gasteiger partial charge in [0, 0.05) is 10.0 Å². The smallest absolute Gasteiger partial charge is 0.142 e. The number of benzene rings is 1. The zero-order chi connectivity index (χ0) is 13.7. The minimum absolute atomic E-state index is 0.424. The van der Waals surface area contributed by atoms with Crippen molar-refractivity contribution in [2.45, 2.75) is 0 Å². The molecule has 7 heteroatoms. The van der Waals surface area contributed by atoms with Crippen LogP contribution in [-0.4, -0.2) is 27.7 Å². The van der Waals surface area contributed by atoms with E-state index >= 15 is 0 Å². The molecule has 0 aliphatic carbocycles. The number of nitrogens with zero attached hydrogens (tertiary/aromatic N) is 4. The highest BCUT2D eigenvalue weighted by Gasteiger charge is 2.08. The molecule has 0 saturated carbocycles. The summed E-state index contributed by atoms with van der Waals surface area (Å²) in [5.41, 5.74) is 0.830. The Bertz CT molecular complexity index is 596. The molecule has 0 aliphatic rings. The first-order valence-corrected chi connectivity index (χ1v) is 6.91. The summed E-state index contributed by atoms with van der Waals surface area (Å²) in [4.78, 5) is 0. The Hall–Kier alpha value is -1.47. The molecule has 98 valence electrons. The molecule has 0 atom stereocenters. The van der Waals surface area contributed by atoms with Crippen molar-refractivity contribution >= 4 is 38.1 Å². The highest BCUT2D eigenvalue weighted by Crippen LogP contribution is 2.32. The Labute approximate surface area is 127 Å². The van der Waals surface area contributed by atoms with Gasteiger partial charge >= 0.3 is 0 Å². The first-order valence-electron chi connectivity index (χ1n) is 5.32. The Kier molecular flexibility index (Phi) is 4.86. The highest BCUT2D eigenvalue weighted by molar-refractivity contribution is 9.11. The molecule has 5 nitrogen and oxygen atoms in total. The van der Waals surface area contributed by atoms with Crippen LogP contribution in [0.3, 0.4) is 0 Å². The molecule has 0 spiro atoms. The van der Waals surface area contributed by atoms with Gasteiger partial charge in [0.1, 0.15) is 25.0 Å². The van der Waals surface area contributed by atoms with E-state index in [1.54, 1.807) is 12.3 Å². The van der Waals surface area contributed by atoms with Gasteiger partial charge in [0.15, 0.2) is 0 Å². The molecule has 1 heterocycles. The predicted octanol–water partition coefficient (Wildman–Crippen LogP) is 3.25. The molecule has 0 aliphatic heterocycles. The van der Waals surface area contributed by atoms with E-state index in [4.69, 9.17) is 4.74 Å². The number of hydrogen-bond donors (Lipinski definition) is 0. The maximum absolute atomic E-state index is 5.62. The van der Waals surface area contributed by atoms with Gasteiger partial charge in [-0.3, -0.25) is 0 Å². The average Bonchev–Trinajstić information content (AvgIpc) is 2.88. The first-order chi connectivity index (χ1) is 9.20. The summed E-state index contributed by atoms with van der Waals surface area (Å²) in [6.07, 6.45) is 6.38. The zero-order valence-electron chi connectivity index (χ0n) is 9.83. The number of ether oxygens (including phenoxy) is 1. The van der Waals surface area contributed by atoms with Gasteiger partial charge in [-0.05, 0) is 28.1 Å². The van der Waals surface area contributed by atoms with Crippen LogP contribution in [0.1, 0.15) is 5.56 Å². The number of aromatic nitrogens is 3. The third kappa shape index (κ3) is 3.74. The molecule has 0 fully saturated rings. The Morgan fingerprint density at radius 1 is 1.32 bits per heavy atom. The Morgan fingerprint density at radius 3 is 2.74 bits per heavy atom. The predicted molar refractivity (Wildman–Crippen MR) is 80.5 cm³/mol. The van der Waals surface area contributed by atoms with E-state index in [0.29, 0.717) is 12.4 Å². The molecular formula is C12H10Br2N4O. The second-order valence-corrected chi connectivity index (χ2v) is 5.26. The van der Waals surface area contributed by atoms with Crippen molar-refractivity contribution in [3.8, 4) is 5.75 Å². The van der Waals surface area contributed by atoms with Crippen LogP contribution in [0.4, 0.5) is 0 Å². The lowest BCUT2D eigenvalue weighted by molar-refractivity contribution is 0.360. The topological polar surface area (TPSA) is 52.3 Å². The second-order valence-electron chi connectivity index (χ2n) is 3.49. The molecule has 0 bridgehead atoms. The van der Waals surface area contributed by atoms with Crippen molar-refractivity contribution in [3.05, 3.63) is 52.0 Å². The van der Waals surface area contributed by atoms with Crippen LogP contribution in [0.2, 0.25) is 0 Å². The van der Waals surface area contributed by atoms with Gasteiger partial charge in [0.25, 0.3) is 0 Å². The fourth-order valence-electron chi connectivity index (χ4n) is 1.35. The molecule has 0 amide bonds. The molecule has 2 aromatic rings. The summed E-state index contributed by atoms with van der Waals surface area (Å²) in [7, 11) is 0. The van der Waals surface area contributed by atoms with Crippen LogP contribution >= 0.6 is 31.9 Å². The molecule has 0 radical (unpaired) electrons. The van der Waals surface area contributed by atoms with Crippen molar-refractivity contribution < 1.29 is 4.74 Å². The molecular weight excluding hydrogens is 376 g/mol. The van der Waals surface area contributed by atoms with Crippen molar-refractivity contribution in [3.63, 3.8) is 0 Å². The lowest BCUT2D eigenvalue weighted by Gasteiger charge is -2.10. The Morgan fingerprint density at radius 2 is 2.05 bits per heavy atom. The van der Waals surface area contributed by atoms with E-state index in [0.717, 1.165) is 14.5 Å². The van der Waals surface area contributed by atoms with E-state index in [1.807, 2.05) is 12.1 Å². The van der Waals surface area contributed by atoms with Gasteiger partial charge in [0.2, 0.25) is 0 Å². The quantitative estimate of drug-likeness (QED) is 0.586. The van der Waals surface area contributed by atoms with Crippen molar-refractivity contribution in [1.29, 1.82) is 0 Å². The van der Waals surface area contributed by atoms with Gasteiger partial charge in [-0.15, -0.1) is 10.2 Å². The number of halogens is 2. The molecule has 0 N–H and O–H groups in total. The fourth-order valence-corrected chi connectivity index (χ4v) is 2.73. The minimum atomic E-state index is 0.424. The fraction of sp³-hybridized carbons (Fsp3) is 0.0833. The zero-order valence-corrected chi connectivity index (χ0v) is 13.0. The molecule has 19 heavy (non-hydrogen) atoms. The highest BCUT2D eigenvalue weighted by atomic mass is 79.9. The van der Waals surface area contributed by atoms with E-state index in [-0.39, 0.29) is 0 Å². The summed E-state index contributed by atoms with van der Waals surface area (Å²) in [5, 5.41) is 11.6. The number of hydrogen-bond acceptors (Lipinski definition) is 4. The lowest BCUT2D eigenvalue weighted by atomic mass is 10.2. The summed E-state index contributed by atoms with van der Waals surface area (Å²) >= 11 is 6.90. The van der Waals surface area contributed by atoms with Crippen LogP contribution in [0.15, 0.2) is 51.5 Å². The molecule has 0 saturated heterocycles. The summed E-state index contributed by atoms with van der Waals surface area (Å²) in [6, 6.07) is 3.82. The lowest BCUT2D eigenvalue weighted by Crippen LogP contribution is -1.99. The standard InChI is InChI=1S/C12H10Br2N4O/c1-2-3-19-12-9(4-10(13)5-11(12)14)6-17-18-7-15-16-8-18/h2,4-8H,1,3H2. The number of rotatable bonds is 5. The van der Waals surface area contributed by atoms with Crippen LogP contribution < -0.4 is 4.74 Å². The van der Waals surface area contributed by atoms with Crippen LogP contribution in [0.25, 0.3) is 0 Å². The van der Waals surface area contributed by atoms with Gasteiger partial charge in [-0.1, -0.05) is 28.6 Å².